The zero-order valence-corrected chi connectivity index (χ0v) is 40.6. The maximum atomic E-state index is 14.4. The topological polar surface area (TPSA) is 136 Å². The van der Waals surface area contributed by atoms with E-state index in [1.54, 1.807) is 12.2 Å². The van der Waals surface area contributed by atoms with Crippen LogP contribution in [0.1, 0.15) is 139 Å². The molecule has 5 aliphatic heterocycles. The molecule has 1 saturated carbocycles. The molecule has 0 saturated heterocycles. The number of hydrogen-bond acceptors (Lipinski definition) is 10. The van der Waals surface area contributed by atoms with Gasteiger partial charge in [0.05, 0.1) is 47.0 Å². The summed E-state index contributed by atoms with van der Waals surface area (Å²) in [5, 5.41) is 0. The number of nitrogens with zero attached hydrogens (tertiary/aromatic N) is 4. The summed E-state index contributed by atoms with van der Waals surface area (Å²) in [5.74, 6) is -0.983. The van der Waals surface area contributed by atoms with Crippen LogP contribution in [0.25, 0.3) is 0 Å². The minimum absolute atomic E-state index is 0.114. The van der Waals surface area contributed by atoms with Crippen molar-refractivity contribution >= 4 is 46.9 Å². The summed E-state index contributed by atoms with van der Waals surface area (Å²) in [6.07, 6.45) is 22.3. The van der Waals surface area contributed by atoms with E-state index < -0.39 is 17.7 Å². The van der Waals surface area contributed by atoms with Crippen molar-refractivity contribution in [3.63, 3.8) is 0 Å². The van der Waals surface area contributed by atoms with Crippen LogP contribution in [-0.4, -0.2) is 60.6 Å². The summed E-state index contributed by atoms with van der Waals surface area (Å²) in [7, 11) is 1.27. The molecule has 10 heteroatoms. The van der Waals surface area contributed by atoms with Gasteiger partial charge >= 0.3 is 11.9 Å². The average Bonchev–Trinajstić information content (AvgIpc) is 4.02. The molecule has 6 rings (SSSR count). The van der Waals surface area contributed by atoms with E-state index in [-0.39, 0.29) is 30.8 Å². The number of ketones is 1. The Hall–Kier alpha value is -5.38. The van der Waals surface area contributed by atoms with Crippen molar-refractivity contribution in [2.75, 3.05) is 13.7 Å². The Kier molecular flexibility index (Phi) is 16.4. The second kappa shape index (κ2) is 21.7. The van der Waals surface area contributed by atoms with Crippen LogP contribution in [0.2, 0.25) is 0 Å². The Labute approximate surface area is 387 Å². The first-order valence-corrected chi connectivity index (χ1v) is 24.0. The molecule has 0 radical (unpaired) electrons. The predicted octanol–water partition coefficient (Wildman–Crippen LogP) is 11.8. The van der Waals surface area contributed by atoms with Gasteiger partial charge in [0.1, 0.15) is 12.5 Å². The minimum atomic E-state index is -1.27. The summed E-state index contributed by atoms with van der Waals surface area (Å²) < 4.78 is 11.0. The Bertz CT molecular complexity index is 2380. The lowest BCUT2D eigenvalue weighted by Gasteiger charge is -2.20. The summed E-state index contributed by atoms with van der Waals surface area (Å²) in [6, 6.07) is 0. The van der Waals surface area contributed by atoms with Crippen molar-refractivity contribution in [3.8, 4) is 0 Å². The highest BCUT2D eigenvalue weighted by molar-refractivity contribution is 6.43. The quantitative estimate of drug-likeness (QED) is 0.0487. The number of aldehydes is 1. The van der Waals surface area contributed by atoms with E-state index in [4.69, 9.17) is 29.4 Å². The van der Waals surface area contributed by atoms with Gasteiger partial charge in [0.15, 0.2) is 12.1 Å². The molecule has 1 fully saturated rings. The van der Waals surface area contributed by atoms with Gasteiger partial charge in [-0.15, -0.1) is 0 Å². The monoisotopic (exact) mass is 883 g/mol. The first kappa shape index (κ1) is 49.1. The lowest BCUT2D eigenvalue weighted by molar-refractivity contribution is -0.146. The Morgan fingerprint density at radius 2 is 1.48 bits per heavy atom. The van der Waals surface area contributed by atoms with Crippen molar-refractivity contribution in [1.29, 1.82) is 0 Å². The number of ether oxygens (including phenoxy) is 2. The highest BCUT2D eigenvalue weighted by Crippen LogP contribution is 2.47. The van der Waals surface area contributed by atoms with E-state index in [0.29, 0.717) is 86.7 Å². The van der Waals surface area contributed by atoms with E-state index in [0.717, 1.165) is 47.7 Å². The molecule has 0 aromatic heterocycles. The van der Waals surface area contributed by atoms with E-state index in [2.05, 4.69) is 41.2 Å². The fraction of sp³-hybridized carbons (Fsp3) is 0.527. The Morgan fingerprint density at radius 3 is 2.12 bits per heavy atom. The van der Waals surface area contributed by atoms with Crippen molar-refractivity contribution in [1.82, 2.24) is 0 Å². The Balaban J connectivity index is 1.21. The number of carbonyl (C=O) groups is 4. The van der Waals surface area contributed by atoms with Gasteiger partial charge in [-0.25, -0.2) is 15.0 Å². The van der Waals surface area contributed by atoms with Gasteiger partial charge in [-0.2, -0.15) is 0 Å². The molecular weight excluding hydrogens is 813 g/mol. The number of methoxy groups -OCH3 is 1. The maximum Gasteiger partial charge on any atom is 0.321 e. The van der Waals surface area contributed by atoms with Crippen molar-refractivity contribution < 1.29 is 28.7 Å². The number of aliphatic imine (C=N–C) groups is 4. The molecule has 0 N–H and O–H groups in total. The first-order chi connectivity index (χ1) is 31.1. The molecular formula is C55H70N4O6. The molecule has 10 nitrogen and oxygen atoms in total. The molecule has 0 aromatic carbocycles. The molecule has 346 valence electrons. The first-order valence-electron chi connectivity index (χ1n) is 24.0. The van der Waals surface area contributed by atoms with Gasteiger partial charge in [0, 0.05) is 46.3 Å². The standard InChI is InChI=1S/C55H70N4O6/c1-12-38-35(8)42-27-43-36(9)40(23-24-48(61)65-26-25-34(7)22-16-21-33(6)20-15-19-32(5)18-14-17-31(3)4)52(58-43)50-51(55(63)64-11)54(62)49-37(10)44(59-53(49)50)28-46-39(13-2)41(30-60)47(57-46)29-45(38)56-42/h12,25,27-33,36,40,51H,1,13-24,26H2,2-11H3/t32-,33-,36-,40-,51+/m0/s1. The average molecular weight is 883 g/mol. The number of fused-ring (bicyclic) bond motifs is 4. The van der Waals surface area contributed by atoms with Crippen LogP contribution in [0.15, 0.2) is 124 Å². The summed E-state index contributed by atoms with van der Waals surface area (Å²) in [4.78, 5) is 74.1. The molecule has 0 spiro atoms. The van der Waals surface area contributed by atoms with Crippen LogP contribution >= 0.6 is 0 Å². The zero-order valence-electron chi connectivity index (χ0n) is 40.6. The number of Topliss-reactive ketones (excluding diaryl/α,β-unsaturated/α-hetero) is 1. The van der Waals surface area contributed by atoms with Crippen LogP contribution in [0.5, 0.6) is 0 Å². The van der Waals surface area contributed by atoms with E-state index in [1.165, 1.54) is 57.6 Å². The number of hydrogen-bond donors (Lipinski definition) is 0. The normalized spacial score (nSPS) is 22.5. The van der Waals surface area contributed by atoms with Crippen molar-refractivity contribution in [2.45, 2.75) is 139 Å². The largest absolute Gasteiger partial charge is 0.468 e. The fourth-order valence-corrected chi connectivity index (χ4v) is 10.0. The van der Waals surface area contributed by atoms with E-state index in [9.17, 15) is 19.2 Å². The second-order valence-corrected chi connectivity index (χ2v) is 19.3. The molecule has 5 heterocycles. The third kappa shape index (κ3) is 10.8. The van der Waals surface area contributed by atoms with E-state index in [1.807, 2.05) is 45.9 Å². The fourth-order valence-electron chi connectivity index (χ4n) is 10.0. The summed E-state index contributed by atoms with van der Waals surface area (Å²) in [6.45, 7) is 23.5. The van der Waals surface area contributed by atoms with Gasteiger partial charge in [-0.05, 0) is 105 Å². The van der Waals surface area contributed by atoms with Crippen LogP contribution in [0.4, 0.5) is 0 Å². The maximum absolute atomic E-state index is 14.4. The van der Waals surface area contributed by atoms with Crippen LogP contribution < -0.4 is 0 Å². The third-order valence-corrected chi connectivity index (χ3v) is 14.1. The summed E-state index contributed by atoms with van der Waals surface area (Å²) >= 11 is 0. The van der Waals surface area contributed by atoms with Gasteiger partial charge in [0.25, 0.3) is 0 Å². The minimum Gasteiger partial charge on any atom is -0.468 e. The van der Waals surface area contributed by atoms with Crippen molar-refractivity contribution in [2.24, 2.45) is 55.5 Å². The third-order valence-electron chi connectivity index (χ3n) is 14.1. The molecule has 65 heavy (non-hydrogen) atoms. The highest BCUT2D eigenvalue weighted by atomic mass is 16.5. The number of rotatable bonds is 21. The predicted molar refractivity (Wildman–Crippen MR) is 262 cm³/mol. The second-order valence-electron chi connectivity index (χ2n) is 19.3. The lowest BCUT2D eigenvalue weighted by Crippen LogP contribution is -2.25. The molecule has 5 atom stereocenters. The molecule has 6 aliphatic rings. The van der Waals surface area contributed by atoms with Gasteiger partial charge in [0.2, 0.25) is 0 Å². The molecule has 1 aliphatic carbocycles. The molecule has 0 aromatic rings. The Morgan fingerprint density at radius 1 is 0.831 bits per heavy atom. The molecule has 0 unspecified atom stereocenters. The van der Waals surface area contributed by atoms with Crippen LogP contribution in [0, 0.1) is 35.5 Å². The van der Waals surface area contributed by atoms with Crippen molar-refractivity contribution in [3.05, 3.63) is 104 Å². The highest BCUT2D eigenvalue weighted by Gasteiger charge is 2.51. The zero-order chi connectivity index (χ0) is 47.1. The number of allylic oxidation sites excluding steroid dienone is 12. The van der Waals surface area contributed by atoms with Crippen LogP contribution in [0.3, 0.4) is 0 Å². The SMILES string of the molecule is C=CC1=C(C)C2=CC3=NC(=C4C5=NC(=CC6=NC(=CC1=N2)C(C=O)=C6CC)C(C)=C5C(=O)[C@@H]4C(=O)OC)[C@@H](CCC(=O)OCC=C(C)CCC[C@@H](C)CCC[C@@H](C)CCCC(C)C)[C@@H]3C. The summed E-state index contributed by atoms with van der Waals surface area (Å²) in [5.41, 5.74) is 9.91. The lowest BCUT2D eigenvalue weighted by atomic mass is 9.83. The molecule has 0 amide bonds. The number of carbonyl (C=O) groups excluding carboxylic acids is 4. The van der Waals surface area contributed by atoms with Gasteiger partial charge in [-0.1, -0.05) is 105 Å². The van der Waals surface area contributed by atoms with Crippen LogP contribution in [-0.2, 0) is 28.7 Å². The number of esters is 2. The van der Waals surface area contributed by atoms with E-state index >= 15 is 0 Å². The van der Waals surface area contributed by atoms with Gasteiger partial charge in [-0.3, -0.25) is 24.2 Å². The van der Waals surface area contributed by atoms with Gasteiger partial charge < -0.3 is 9.47 Å². The smallest absolute Gasteiger partial charge is 0.321 e. The molecule has 8 bridgehead atoms.